The molecule has 1 nitrogen and oxygen atoms in total. The van der Waals surface area contributed by atoms with Crippen LogP contribution in [0.3, 0.4) is 0 Å². The smallest absolute Gasteiger partial charge is 0.171 e. The molecule has 0 bridgehead atoms. The summed E-state index contributed by atoms with van der Waals surface area (Å²) in [6.45, 7) is 4.46. The fourth-order valence-electron chi connectivity index (χ4n) is 1.99. The Morgan fingerprint density at radius 1 is 1.05 bits per heavy atom. The molecule has 0 aromatic heterocycles. The highest BCUT2D eigenvalue weighted by Crippen LogP contribution is 2.57. The van der Waals surface area contributed by atoms with Crippen LogP contribution in [0.25, 0.3) is 0 Å². The largest absolute Gasteiger partial charge is 0.293 e. The Kier molecular flexibility index (Phi) is 8.07. The molecule has 0 heterocycles. The number of Topliss-reactive ketones (excluding diaryl/α,β-unsaturated/α-hetero) is 1. The summed E-state index contributed by atoms with van der Waals surface area (Å²) in [4.78, 5) is 12.4. The van der Waals surface area contributed by atoms with Gasteiger partial charge in [-0.25, -0.2) is 0 Å². The predicted molar refractivity (Wildman–Crippen MR) is 96.8 cm³/mol. The summed E-state index contributed by atoms with van der Waals surface area (Å²) in [5.74, 6) is 3.57. The number of hydrogen-bond acceptors (Lipinski definition) is 1. The van der Waals surface area contributed by atoms with Gasteiger partial charge in [-0.2, -0.15) is 7.20 Å². The van der Waals surface area contributed by atoms with Crippen LogP contribution in [0.4, 0.5) is 0 Å². The first-order chi connectivity index (χ1) is 9.11. The van der Waals surface area contributed by atoms with E-state index < -0.39 is 7.20 Å². The highest BCUT2D eigenvalue weighted by atomic mass is 127. The van der Waals surface area contributed by atoms with E-state index in [-0.39, 0.29) is 0 Å². The highest BCUT2D eigenvalue weighted by molar-refractivity contribution is 14.2. The van der Waals surface area contributed by atoms with Gasteiger partial charge in [0.2, 0.25) is 0 Å². The molecule has 0 N–H and O–H groups in total. The normalized spacial score (nSPS) is 12.4. The summed E-state index contributed by atoms with van der Waals surface area (Å²) in [6.07, 6.45) is 4.96. The molecule has 1 rings (SSSR count). The van der Waals surface area contributed by atoms with Crippen molar-refractivity contribution in [2.45, 2.75) is 39.5 Å². The van der Waals surface area contributed by atoms with Gasteiger partial charge in [0.1, 0.15) is 0 Å². The number of halogens is 1. The van der Waals surface area contributed by atoms with E-state index in [0.29, 0.717) is 5.78 Å². The molecule has 0 amide bonds. The molecule has 1 aromatic carbocycles. The molecule has 0 saturated heterocycles. The van der Waals surface area contributed by atoms with Crippen molar-refractivity contribution < 1.29 is 4.79 Å². The number of carbonyl (C=O) groups excluding carboxylic acids is 1. The van der Waals surface area contributed by atoms with Crippen molar-refractivity contribution in [3.8, 4) is 0 Å². The van der Waals surface area contributed by atoms with Gasteiger partial charge in [0.15, 0.2) is 5.78 Å². The van der Waals surface area contributed by atoms with E-state index in [9.17, 15) is 4.79 Å². The molecule has 19 heavy (non-hydrogen) atoms. The molecule has 0 unspecified atom stereocenters. The molecule has 1 aromatic rings. The number of ketones is 1. The minimum Gasteiger partial charge on any atom is -0.293 e. The van der Waals surface area contributed by atoms with Crippen molar-refractivity contribution in [2.24, 2.45) is 0 Å². The third-order valence-corrected chi connectivity index (χ3v) is 9.61. The lowest BCUT2D eigenvalue weighted by atomic mass is 10.2. The summed E-state index contributed by atoms with van der Waals surface area (Å²) in [5, 5.41) is 0. The summed E-state index contributed by atoms with van der Waals surface area (Å²) >= 11 is 2.63. The summed E-state index contributed by atoms with van der Waals surface area (Å²) < 4.78 is 0. The second-order valence-electron chi connectivity index (χ2n) is 4.99. The van der Waals surface area contributed by atoms with Crippen LogP contribution >= 0.6 is 28.4 Å². The monoisotopic (exact) mass is 392 g/mol. The number of rotatable bonds is 9. The average Bonchev–Trinajstić information content (AvgIpc) is 2.44. The van der Waals surface area contributed by atoms with Gasteiger partial charge < -0.3 is 0 Å². The molecular formula is C16H25IOS. The van der Waals surface area contributed by atoms with E-state index >= 15 is 0 Å². The summed E-state index contributed by atoms with van der Waals surface area (Å²) in [6, 6.07) is 9.76. The average molecular weight is 392 g/mol. The third-order valence-electron chi connectivity index (χ3n) is 3.21. The molecule has 3 heteroatoms. The number of carbonyl (C=O) groups is 1. The lowest BCUT2D eigenvalue weighted by Gasteiger charge is -2.33. The molecule has 0 fully saturated rings. The van der Waals surface area contributed by atoms with E-state index in [1.54, 1.807) is 0 Å². The van der Waals surface area contributed by atoms with Crippen molar-refractivity contribution in [1.82, 2.24) is 0 Å². The first-order valence-corrected chi connectivity index (χ1v) is 11.8. The minimum atomic E-state index is -0.790. The number of unbranched alkanes of at least 4 members (excludes halogenated alkanes) is 2. The van der Waals surface area contributed by atoms with Gasteiger partial charge in [-0.3, -0.25) is 4.79 Å². The Balaban J connectivity index is 2.68. The zero-order valence-corrected chi connectivity index (χ0v) is 15.0. The quantitative estimate of drug-likeness (QED) is 0.394. The predicted octanol–water partition coefficient (Wildman–Crippen LogP) is 5.62. The molecule has 0 radical (unpaired) electrons. The molecule has 0 aliphatic heterocycles. The second-order valence-corrected chi connectivity index (χ2v) is 13.6. The Labute approximate surface area is 131 Å². The van der Waals surface area contributed by atoms with Crippen LogP contribution in [-0.4, -0.2) is 23.0 Å². The zero-order chi connectivity index (χ0) is 14.1. The van der Waals surface area contributed by atoms with Crippen molar-refractivity contribution in [1.29, 1.82) is 0 Å². The molecular weight excluding hydrogens is 367 g/mol. The van der Waals surface area contributed by atoms with Gasteiger partial charge in [-0.15, -0.1) is 0 Å². The number of hydrogen-bond donors (Lipinski definition) is 0. The van der Waals surface area contributed by atoms with E-state index in [4.69, 9.17) is 0 Å². The molecule has 0 atom stereocenters. The Bertz CT molecular complexity index is 370. The molecule has 0 spiro atoms. The van der Waals surface area contributed by atoms with Crippen LogP contribution in [0.2, 0.25) is 0 Å². The summed E-state index contributed by atoms with van der Waals surface area (Å²) in [7, 11) is -0.790. The fourth-order valence-corrected chi connectivity index (χ4v) is 7.45. The summed E-state index contributed by atoms with van der Waals surface area (Å²) in [5.41, 5.74) is 0.879. The lowest BCUT2D eigenvalue weighted by Crippen LogP contribution is -2.15. The SMILES string of the molecule is CCCCS(I)(CCCC)CC(=O)c1ccccc1. The van der Waals surface area contributed by atoms with Crippen LogP contribution in [0.15, 0.2) is 30.3 Å². The molecule has 108 valence electrons. The first kappa shape index (κ1) is 17.0. The third kappa shape index (κ3) is 6.30. The topological polar surface area (TPSA) is 17.1 Å². The van der Waals surface area contributed by atoms with E-state index in [0.717, 1.165) is 11.3 Å². The maximum absolute atomic E-state index is 12.4. The van der Waals surface area contributed by atoms with Gasteiger partial charge in [-0.05, 0) is 45.6 Å². The standard InChI is InChI=1S/C16H25IOS/c1-3-5-12-19(17,13-6-4-2)14-16(18)15-10-8-7-9-11-15/h7-11H,3-6,12-14H2,1-2H3. The fraction of sp³-hybridized carbons (Fsp3) is 0.562. The molecule has 0 aliphatic rings. The van der Waals surface area contributed by atoms with Crippen molar-refractivity contribution in [3.63, 3.8) is 0 Å². The van der Waals surface area contributed by atoms with Crippen molar-refractivity contribution >= 4 is 34.2 Å². The number of benzene rings is 1. The Morgan fingerprint density at radius 2 is 1.58 bits per heavy atom. The zero-order valence-electron chi connectivity index (χ0n) is 12.0. The van der Waals surface area contributed by atoms with E-state index in [2.05, 4.69) is 35.1 Å². The second kappa shape index (κ2) is 9.01. The van der Waals surface area contributed by atoms with Gasteiger partial charge >= 0.3 is 0 Å². The maximum atomic E-state index is 12.4. The van der Waals surface area contributed by atoms with Crippen LogP contribution in [-0.2, 0) is 0 Å². The van der Waals surface area contributed by atoms with Gasteiger partial charge in [-0.1, -0.05) is 57.0 Å². The van der Waals surface area contributed by atoms with Crippen molar-refractivity contribution in [3.05, 3.63) is 35.9 Å². The van der Waals surface area contributed by atoms with Crippen LogP contribution < -0.4 is 0 Å². The van der Waals surface area contributed by atoms with Crippen LogP contribution in [0, 0.1) is 0 Å². The van der Waals surface area contributed by atoms with Crippen LogP contribution in [0.5, 0.6) is 0 Å². The lowest BCUT2D eigenvalue weighted by molar-refractivity contribution is 0.102. The minimum absolute atomic E-state index is 0.331. The Hall–Kier alpha value is -0.0300. The Morgan fingerprint density at radius 3 is 2.05 bits per heavy atom. The van der Waals surface area contributed by atoms with Gasteiger partial charge in [0.25, 0.3) is 0 Å². The molecule has 0 aliphatic carbocycles. The maximum Gasteiger partial charge on any atom is 0.171 e. The van der Waals surface area contributed by atoms with E-state index in [1.165, 1.54) is 37.2 Å². The van der Waals surface area contributed by atoms with Gasteiger partial charge in [0.05, 0.1) is 0 Å². The highest BCUT2D eigenvalue weighted by Gasteiger charge is 2.23. The first-order valence-electron chi connectivity index (χ1n) is 7.15. The molecule has 0 saturated carbocycles. The van der Waals surface area contributed by atoms with Gasteiger partial charge in [0, 0.05) is 11.3 Å². The van der Waals surface area contributed by atoms with Crippen LogP contribution in [0.1, 0.15) is 49.9 Å². The van der Waals surface area contributed by atoms with E-state index in [1.807, 2.05) is 30.3 Å². The van der Waals surface area contributed by atoms with Crippen molar-refractivity contribution in [2.75, 3.05) is 17.3 Å².